The third kappa shape index (κ3) is 4.34. The van der Waals surface area contributed by atoms with Gasteiger partial charge in [0.1, 0.15) is 5.75 Å². The van der Waals surface area contributed by atoms with Gasteiger partial charge in [0, 0.05) is 0 Å². The lowest BCUT2D eigenvalue weighted by Gasteiger charge is -2.09. The Hall–Kier alpha value is -1.02. The maximum Gasteiger partial charge on any atom is 0.119 e. The summed E-state index contributed by atoms with van der Waals surface area (Å²) < 4.78 is 5.59. The first-order valence-corrected chi connectivity index (χ1v) is 5.65. The van der Waals surface area contributed by atoms with Crippen LogP contribution in [0.25, 0.3) is 0 Å². The highest BCUT2D eigenvalue weighted by molar-refractivity contribution is 5.29. The van der Waals surface area contributed by atoms with Crippen LogP contribution in [0.15, 0.2) is 24.3 Å². The van der Waals surface area contributed by atoms with Crippen molar-refractivity contribution in [1.82, 2.24) is 0 Å². The number of rotatable bonds is 6. The van der Waals surface area contributed by atoms with Gasteiger partial charge in [-0.3, -0.25) is 0 Å². The van der Waals surface area contributed by atoms with E-state index in [0.29, 0.717) is 0 Å². The molecule has 0 saturated carbocycles. The summed E-state index contributed by atoms with van der Waals surface area (Å²) in [6.07, 6.45) is 3.08. The van der Waals surface area contributed by atoms with E-state index in [1.54, 1.807) is 6.92 Å². The van der Waals surface area contributed by atoms with E-state index >= 15 is 0 Å². The Kier molecular flexibility index (Phi) is 5.19. The molecule has 0 amide bonds. The molecule has 15 heavy (non-hydrogen) atoms. The predicted molar refractivity (Wildman–Crippen MR) is 62.1 cm³/mol. The fourth-order valence-electron chi connectivity index (χ4n) is 1.41. The van der Waals surface area contributed by atoms with Gasteiger partial charge in [0.2, 0.25) is 0 Å². The molecule has 1 aromatic carbocycles. The van der Waals surface area contributed by atoms with Crippen molar-refractivity contribution in [3.8, 4) is 5.75 Å². The Balaban J connectivity index is 2.43. The van der Waals surface area contributed by atoms with Crippen molar-refractivity contribution in [2.24, 2.45) is 0 Å². The van der Waals surface area contributed by atoms with Crippen LogP contribution in [0.5, 0.6) is 5.75 Å². The molecule has 0 fully saturated rings. The maximum atomic E-state index is 9.40. The number of aliphatic hydroxyl groups is 1. The molecule has 1 N–H and O–H groups in total. The van der Waals surface area contributed by atoms with Crippen molar-refractivity contribution in [2.75, 3.05) is 6.61 Å². The molecular weight excluding hydrogens is 188 g/mol. The van der Waals surface area contributed by atoms with Crippen LogP contribution in [-0.4, -0.2) is 11.7 Å². The van der Waals surface area contributed by atoms with Crippen molar-refractivity contribution < 1.29 is 9.84 Å². The third-order valence-electron chi connectivity index (χ3n) is 2.36. The molecule has 0 bridgehead atoms. The summed E-state index contributed by atoms with van der Waals surface area (Å²) >= 11 is 0. The second kappa shape index (κ2) is 6.46. The lowest BCUT2D eigenvalue weighted by molar-refractivity contribution is 0.198. The molecule has 0 aromatic heterocycles. The first-order valence-electron chi connectivity index (χ1n) is 5.65. The van der Waals surface area contributed by atoms with Crippen LogP contribution < -0.4 is 4.74 Å². The number of benzene rings is 1. The zero-order valence-corrected chi connectivity index (χ0v) is 9.57. The van der Waals surface area contributed by atoms with Crippen LogP contribution in [0.4, 0.5) is 0 Å². The first kappa shape index (κ1) is 12.1. The second-order valence-electron chi connectivity index (χ2n) is 3.80. The normalized spacial score (nSPS) is 12.5. The highest BCUT2D eigenvalue weighted by Crippen LogP contribution is 2.18. The summed E-state index contributed by atoms with van der Waals surface area (Å²) in [5.74, 6) is 0.851. The lowest BCUT2D eigenvalue weighted by atomic mass is 10.1. The van der Waals surface area contributed by atoms with Gasteiger partial charge in [0.15, 0.2) is 0 Å². The smallest absolute Gasteiger partial charge is 0.119 e. The molecule has 0 heterocycles. The van der Waals surface area contributed by atoms with E-state index in [-0.39, 0.29) is 0 Å². The van der Waals surface area contributed by atoms with Crippen LogP contribution in [-0.2, 0) is 0 Å². The Morgan fingerprint density at radius 2 is 2.13 bits per heavy atom. The minimum Gasteiger partial charge on any atom is -0.494 e. The molecule has 0 aliphatic rings. The van der Waals surface area contributed by atoms with E-state index in [9.17, 15) is 5.11 Å². The number of hydrogen-bond donors (Lipinski definition) is 1. The molecule has 0 spiro atoms. The van der Waals surface area contributed by atoms with E-state index in [2.05, 4.69) is 6.92 Å². The Morgan fingerprint density at radius 3 is 2.80 bits per heavy atom. The SMILES string of the molecule is CCCCCOc1cccc(C(C)O)c1. The van der Waals surface area contributed by atoms with Crippen molar-refractivity contribution >= 4 is 0 Å². The van der Waals surface area contributed by atoms with Gasteiger partial charge in [-0.25, -0.2) is 0 Å². The summed E-state index contributed by atoms with van der Waals surface area (Å²) in [4.78, 5) is 0. The Morgan fingerprint density at radius 1 is 1.33 bits per heavy atom. The number of unbranched alkanes of at least 4 members (excludes halogenated alkanes) is 2. The fraction of sp³-hybridized carbons (Fsp3) is 0.538. The quantitative estimate of drug-likeness (QED) is 0.727. The zero-order chi connectivity index (χ0) is 11.1. The fourth-order valence-corrected chi connectivity index (χ4v) is 1.41. The average molecular weight is 208 g/mol. The monoisotopic (exact) mass is 208 g/mol. The number of hydrogen-bond acceptors (Lipinski definition) is 2. The topological polar surface area (TPSA) is 29.5 Å². The minimum atomic E-state index is -0.427. The van der Waals surface area contributed by atoms with E-state index in [0.717, 1.165) is 24.3 Å². The highest BCUT2D eigenvalue weighted by Gasteiger charge is 2.01. The molecule has 1 aromatic rings. The van der Waals surface area contributed by atoms with E-state index in [1.165, 1.54) is 12.8 Å². The van der Waals surface area contributed by atoms with Gasteiger partial charge in [0.05, 0.1) is 12.7 Å². The van der Waals surface area contributed by atoms with Crippen molar-refractivity contribution in [2.45, 2.75) is 39.2 Å². The van der Waals surface area contributed by atoms with E-state index < -0.39 is 6.10 Å². The zero-order valence-electron chi connectivity index (χ0n) is 9.57. The average Bonchev–Trinajstić information content (AvgIpc) is 2.25. The molecule has 0 saturated heterocycles. The van der Waals surface area contributed by atoms with Crippen LogP contribution in [0.2, 0.25) is 0 Å². The molecule has 1 rings (SSSR count). The molecule has 0 aliphatic heterocycles. The molecule has 2 heteroatoms. The molecule has 0 aliphatic carbocycles. The summed E-state index contributed by atoms with van der Waals surface area (Å²) in [6, 6.07) is 7.65. The lowest BCUT2D eigenvalue weighted by Crippen LogP contribution is -1.98. The summed E-state index contributed by atoms with van der Waals surface area (Å²) in [5.41, 5.74) is 0.906. The molecule has 0 radical (unpaired) electrons. The summed E-state index contributed by atoms with van der Waals surface area (Å²) in [5, 5.41) is 9.40. The van der Waals surface area contributed by atoms with Gasteiger partial charge in [-0.05, 0) is 31.0 Å². The van der Waals surface area contributed by atoms with Crippen LogP contribution in [0.3, 0.4) is 0 Å². The highest BCUT2D eigenvalue weighted by atomic mass is 16.5. The number of ether oxygens (including phenoxy) is 1. The van der Waals surface area contributed by atoms with Gasteiger partial charge in [-0.1, -0.05) is 31.9 Å². The van der Waals surface area contributed by atoms with Crippen LogP contribution in [0, 0.1) is 0 Å². The van der Waals surface area contributed by atoms with Gasteiger partial charge >= 0.3 is 0 Å². The van der Waals surface area contributed by atoms with Gasteiger partial charge < -0.3 is 9.84 Å². The second-order valence-corrected chi connectivity index (χ2v) is 3.80. The molecular formula is C13H20O2. The van der Waals surface area contributed by atoms with Crippen molar-refractivity contribution in [1.29, 1.82) is 0 Å². The predicted octanol–water partition coefficient (Wildman–Crippen LogP) is 3.31. The van der Waals surface area contributed by atoms with Gasteiger partial charge in [0.25, 0.3) is 0 Å². The maximum absolute atomic E-state index is 9.40. The molecule has 1 atom stereocenters. The molecule has 84 valence electrons. The Labute approximate surface area is 91.9 Å². The van der Waals surface area contributed by atoms with Crippen molar-refractivity contribution in [3.05, 3.63) is 29.8 Å². The molecule has 1 unspecified atom stereocenters. The van der Waals surface area contributed by atoms with Gasteiger partial charge in [-0.15, -0.1) is 0 Å². The summed E-state index contributed by atoms with van der Waals surface area (Å²) in [6.45, 7) is 4.70. The van der Waals surface area contributed by atoms with Crippen molar-refractivity contribution in [3.63, 3.8) is 0 Å². The van der Waals surface area contributed by atoms with E-state index in [4.69, 9.17) is 4.74 Å². The summed E-state index contributed by atoms with van der Waals surface area (Å²) in [7, 11) is 0. The van der Waals surface area contributed by atoms with Gasteiger partial charge in [-0.2, -0.15) is 0 Å². The van der Waals surface area contributed by atoms with Crippen LogP contribution >= 0.6 is 0 Å². The third-order valence-corrected chi connectivity index (χ3v) is 2.36. The number of aliphatic hydroxyl groups excluding tert-OH is 1. The standard InChI is InChI=1S/C13H20O2/c1-3-4-5-9-15-13-8-6-7-12(10-13)11(2)14/h6-8,10-11,14H,3-5,9H2,1-2H3. The first-order chi connectivity index (χ1) is 7.24. The largest absolute Gasteiger partial charge is 0.494 e. The minimum absolute atomic E-state index is 0.427. The van der Waals surface area contributed by atoms with Crippen LogP contribution in [0.1, 0.15) is 44.8 Å². The van der Waals surface area contributed by atoms with E-state index in [1.807, 2.05) is 24.3 Å². The Bertz CT molecular complexity index is 282. The molecule has 2 nitrogen and oxygen atoms in total.